The van der Waals surface area contributed by atoms with Gasteiger partial charge in [0.1, 0.15) is 5.78 Å². The third-order valence-electron chi connectivity index (χ3n) is 1.77. The molecule has 0 saturated heterocycles. The third kappa shape index (κ3) is 6.01. The standard InChI is InChI=1S/C9H13F2IO3/c1-6(13)3-4-7(12)5-9(10,11)8(14)15-2/h7H,3-5H2,1-2H3. The molecule has 0 amide bonds. The summed E-state index contributed by atoms with van der Waals surface area (Å²) in [5.41, 5.74) is 0. The van der Waals surface area contributed by atoms with E-state index in [1.165, 1.54) is 6.92 Å². The van der Waals surface area contributed by atoms with E-state index in [4.69, 9.17) is 0 Å². The smallest absolute Gasteiger partial charge is 0.376 e. The Hall–Kier alpha value is -0.270. The van der Waals surface area contributed by atoms with Crippen molar-refractivity contribution in [2.75, 3.05) is 7.11 Å². The van der Waals surface area contributed by atoms with Crippen LogP contribution in [0.25, 0.3) is 0 Å². The van der Waals surface area contributed by atoms with Gasteiger partial charge in [-0.15, -0.1) is 0 Å². The van der Waals surface area contributed by atoms with E-state index in [1.807, 2.05) is 22.6 Å². The molecule has 0 saturated carbocycles. The van der Waals surface area contributed by atoms with Crippen LogP contribution in [0.15, 0.2) is 0 Å². The number of ketones is 1. The molecule has 0 rings (SSSR count). The molecule has 3 nitrogen and oxygen atoms in total. The lowest BCUT2D eigenvalue weighted by molar-refractivity contribution is -0.169. The van der Waals surface area contributed by atoms with E-state index < -0.39 is 22.2 Å². The van der Waals surface area contributed by atoms with Gasteiger partial charge in [-0.05, 0) is 13.3 Å². The molecule has 0 fully saturated rings. The fraction of sp³-hybridized carbons (Fsp3) is 0.778. The average Bonchev–Trinajstić information content (AvgIpc) is 2.12. The Morgan fingerprint density at radius 3 is 2.40 bits per heavy atom. The quantitative estimate of drug-likeness (QED) is 0.426. The van der Waals surface area contributed by atoms with Gasteiger partial charge in [0.25, 0.3) is 0 Å². The maximum absolute atomic E-state index is 13.0. The van der Waals surface area contributed by atoms with Crippen molar-refractivity contribution in [1.29, 1.82) is 0 Å². The highest BCUT2D eigenvalue weighted by Crippen LogP contribution is 2.27. The molecule has 15 heavy (non-hydrogen) atoms. The van der Waals surface area contributed by atoms with Crippen molar-refractivity contribution >= 4 is 34.3 Å². The highest BCUT2D eigenvalue weighted by Gasteiger charge is 2.41. The number of halogens is 3. The normalized spacial score (nSPS) is 13.4. The molecule has 0 aromatic carbocycles. The van der Waals surface area contributed by atoms with Crippen molar-refractivity contribution < 1.29 is 23.1 Å². The molecule has 0 bridgehead atoms. The number of esters is 1. The van der Waals surface area contributed by atoms with Crippen molar-refractivity contribution in [3.8, 4) is 0 Å². The molecule has 88 valence electrons. The van der Waals surface area contributed by atoms with Crippen LogP contribution in [0.1, 0.15) is 26.2 Å². The van der Waals surface area contributed by atoms with Gasteiger partial charge in [-0.25, -0.2) is 4.79 Å². The zero-order valence-corrected chi connectivity index (χ0v) is 10.7. The topological polar surface area (TPSA) is 43.4 Å². The summed E-state index contributed by atoms with van der Waals surface area (Å²) in [6, 6.07) is 0. The van der Waals surface area contributed by atoms with Gasteiger partial charge in [-0.3, -0.25) is 0 Å². The van der Waals surface area contributed by atoms with Crippen molar-refractivity contribution in [2.45, 2.75) is 36.0 Å². The van der Waals surface area contributed by atoms with Crippen LogP contribution in [-0.2, 0) is 14.3 Å². The molecule has 0 spiro atoms. The van der Waals surface area contributed by atoms with E-state index in [9.17, 15) is 18.4 Å². The lowest BCUT2D eigenvalue weighted by atomic mass is 10.1. The summed E-state index contributed by atoms with van der Waals surface area (Å²) in [7, 11) is 0.925. The Morgan fingerprint density at radius 1 is 1.47 bits per heavy atom. The third-order valence-corrected chi connectivity index (χ3v) is 2.83. The van der Waals surface area contributed by atoms with E-state index >= 15 is 0 Å². The van der Waals surface area contributed by atoms with E-state index in [0.29, 0.717) is 6.42 Å². The molecule has 0 aliphatic rings. The van der Waals surface area contributed by atoms with E-state index in [2.05, 4.69) is 4.74 Å². The molecule has 0 radical (unpaired) electrons. The number of rotatable bonds is 6. The predicted octanol–water partition coefficient (Wildman–Crippen LogP) is 2.36. The van der Waals surface area contributed by atoms with Crippen LogP contribution in [0.5, 0.6) is 0 Å². The summed E-state index contributed by atoms with van der Waals surface area (Å²) in [6.45, 7) is 1.40. The molecule has 0 heterocycles. The van der Waals surface area contributed by atoms with Crippen molar-refractivity contribution in [1.82, 2.24) is 0 Å². The Labute approximate surface area is 101 Å². The molecule has 1 atom stereocenters. The van der Waals surface area contributed by atoms with Crippen LogP contribution in [0.4, 0.5) is 8.78 Å². The van der Waals surface area contributed by atoms with Crippen LogP contribution in [-0.4, -0.2) is 28.7 Å². The van der Waals surface area contributed by atoms with Crippen LogP contribution in [0, 0.1) is 0 Å². The maximum Gasteiger partial charge on any atom is 0.376 e. The van der Waals surface area contributed by atoms with E-state index in [0.717, 1.165) is 7.11 Å². The number of Topliss-reactive ketones (excluding diaryl/α,β-unsaturated/α-hetero) is 1. The fourth-order valence-corrected chi connectivity index (χ4v) is 1.84. The number of methoxy groups -OCH3 is 1. The Balaban J connectivity index is 4.09. The zero-order chi connectivity index (χ0) is 12.1. The molecule has 0 aromatic rings. The van der Waals surface area contributed by atoms with Crippen LogP contribution >= 0.6 is 22.6 Å². The van der Waals surface area contributed by atoms with Gasteiger partial charge in [0.05, 0.1) is 7.11 Å². The number of carbonyl (C=O) groups excluding carboxylic acids is 2. The lowest BCUT2D eigenvalue weighted by Crippen LogP contribution is -2.32. The number of alkyl halides is 3. The summed E-state index contributed by atoms with van der Waals surface area (Å²) in [5, 5.41) is 0. The molecule has 0 N–H and O–H groups in total. The number of hydrogen-bond donors (Lipinski definition) is 0. The van der Waals surface area contributed by atoms with Crippen LogP contribution in [0.3, 0.4) is 0 Å². The van der Waals surface area contributed by atoms with Crippen LogP contribution < -0.4 is 0 Å². The Morgan fingerprint density at radius 2 is 2.00 bits per heavy atom. The predicted molar refractivity (Wildman–Crippen MR) is 59.3 cm³/mol. The summed E-state index contributed by atoms with van der Waals surface area (Å²) in [4.78, 5) is 21.3. The van der Waals surface area contributed by atoms with Gasteiger partial charge in [0.2, 0.25) is 0 Å². The first-order chi connectivity index (χ1) is 6.79. The number of hydrogen-bond acceptors (Lipinski definition) is 3. The highest BCUT2D eigenvalue weighted by atomic mass is 127. The zero-order valence-electron chi connectivity index (χ0n) is 8.56. The maximum atomic E-state index is 13.0. The first-order valence-corrected chi connectivity index (χ1v) is 5.64. The molecule has 0 aromatic heterocycles. The second-order valence-electron chi connectivity index (χ2n) is 3.24. The average molecular weight is 334 g/mol. The lowest BCUT2D eigenvalue weighted by Gasteiger charge is -2.16. The highest BCUT2D eigenvalue weighted by molar-refractivity contribution is 14.1. The molecule has 0 aliphatic carbocycles. The number of carbonyl (C=O) groups is 2. The Kier molecular flexibility index (Phi) is 6.23. The van der Waals surface area contributed by atoms with Gasteiger partial charge in [0, 0.05) is 16.8 Å². The molecule has 1 unspecified atom stereocenters. The minimum absolute atomic E-state index is 0.0435. The largest absolute Gasteiger partial charge is 0.465 e. The van der Waals surface area contributed by atoms with Crippen LogP contribution in [0.2, 0.25) is 0 Å². The minimum atomic E-state index is -3.46. The molecule has 0 aliphatic heterocycles. The monoisotopic (exact) mass is 334 g/mol. The van der Waals surface area contributed by atoms with Gasteiger partial charge >= 0.3 is 11.9 Å². The van der Waals surface area contributed by atoms with E-state index in [1.54, 1.807) is 0 Å². The van der Waals surface area contributed by atoms with Crippen molar-refractivity contribution in [3.63, 3.8) is 0 Å². The van der Waals surface area contributed by atoms with E-state index in [-0.39, 0.29) is 12.2 Å². The summed E-state index contributed by atoms with van der Waals surface area (Å²) < 4.78 is 29.6. The SMILES string of the molecule is COC(=O)C(F)(F)CC(I)CCC(C)=O. The second kappa shape index (κ2) is 6.34. The number of ether oxygens (including phenoxy) is 1. The van der Waals surface area contributed by atoms with Gasteiger partial charge in [0.15, 0.2) is 0 Å². The second-order valence-corrected chi connectivity index (χ2v) is 5.00. The van der Waals surface area contributed by atoms with Gasteiger partial charge in [-0.2, -0.15) is 8.78 Å². The summed E-state index contributed by atoms with van der Waals surface area (Å²) >= 11 is 1.81. The van der Waals surface area contributed by atoms with Crippen molar-refractivity contribution in [2.24, 2.45) is 0 Å². The summed E-state index contributed by atoms with van der Waals surface area (Å²) in [6.07, 6.45) is 0.0147. The molecular formula is C9H13F2IO3. The molecular weight excluding hydrogens is 321 g/mol. The van der Waals surface area contributed by atoms with Gasteiger partial charge in [-0.1, -0.05) is 22.6 Å². The molecule has 6 heteroatoms. The van der Waals surface area contributed by atoms with Gasteiger partial charge < -0.3 is 9.53 Å². The summed E-state index contributed by atoms with van der Waals surface area (Å²) in [5.74, 6) is -5.03. The fourth-order valence-electron chi connectivity index (χ4n) is 0.973. The minimum Gasteiger partial charge on any atom is -0.465 e. The Bertz CT molecular complexity index is 244. The first kappa shape index (κ1) is 14.7. The first-order valence-electron chi connectivity index (χ1n) is 4.39. The van der Waals surface area contributed by atoms with Crippen molar-refractivity contribution in [3.05, 3.63) is 0 Å².